The van der Waals surface area contributed by atoms with Gasteiger partial charge in [0, 0.05) is 11.3 Å². The van der Waals surface area contributed by atoms with Crippen molar-refractivity contribution in [3.8, 4) is 0 Å². The Morgan fingerprint density at radius 2 is 1.67 bits per heavy atom. The number of hydrogen-bond acceptors (Lipinski definition) is 4. The van der Waals surface area contributed by atoms with Crippen molar-refractivity contribution in [2.45, 2.75) is 19.9 Å². The number of ketones is 1. The van der Waals surface area contributed by atoms with Crippen molar-refractivity contribution in [1.29, 1.82) is 0 Å². The summed E-state index contributed by atoms with van der Waals surface area (Å²) in [5.41, 5.74) is 1.69. The van der Waals surface area contributed by atoms with Crippen LogP contribution < -0.4 is 10.6 Å². The molecular weight excluding hydrogens is 366 g/mol. The van der Waals surface area contributed by atoms with E-state index in [9.17, 15) is 14.4 Å². The highest BCUT2D eigenvalue weighted by atomic mass is 35.5. The van der Waals surface area contributed by atoms with Gasteiger partial charge in [-0.1, -0.05) is 23.7 Å². The second-order valence-corrected chi connectivity index (χ2v) is 6.65. The summed E-state index contributed by atoms with van der Waals surface area (Å²) in [6, 6.07) is 13.1. The van der Waals surface area contributed by atoms with E-state index >= 15 is 0 Å². The van der Waals surface area contributed by atoms with Crippen LogP contribution in [-0.2, 0) is 9.59 Å². The van der Waals surface area contributed by atoms with Crippen LogP contribution in [0.3, 0.4) is 0 Å². The summed E-state index contributed by atoms with van der Waals surface area (Å²) in [5, 5.41) is 5.95. The molecule has 0 saturated carbocycles. The van der Waals surface area contributed by atoms with E-state index in [0.29, 0.717) is 22.0 Å². The number of nitrogens with one attached hydrogen (secondary N) is 2. The first-order valence-corrected chi connectivity index (χ1v) is 8.82. The number of halogens is 1. The van der Waals surface area contributed by atoms with Crippen LogP contribution in [0.15, 0.2) is 48.5 Å². The van der Waals surface area contributed by atoms with E-state index < -0.39 is 6.04 Å². The minimum atomic E-state index is -0.533. The summed E-state index contributed by atoms with van der Waals surface area (Å²) < 4.78 is 0. The summed E-state index contributed by atoms with van der Waals surface area (Å²) in [5.74, 6) is -0.555. The maximum atomic E-state index is 12.4. The molecule has 0 heterocycles. The summed E-state index contributed by atoms with van der Waals surface area (Å²) in [7, 11) is 1.69. The Labute approximate surface area is 163 Å². The van der Waals surface area contributed by atoms with E-state index in [2.05, 4.69) is 10.6 Å². The Kier molecular flexibility index (Phi) is 7.10. The molecule has 0 saturated heterocycles. The molecule has 0 aliphatic rings. The van der Waals surface area contributed by atoms with E-state index in [4.69, 9.17) is 11.6 Å². The third kappa shape index (κ3) is 5.91. The molecule has 0 aliphatic heterocycles. The summed E-state index contributed by atoms with van der Waals surface area (Å²) in [4.78, 5) is 37.5. The lowest BCUT2D eigenvalue weighted by Gasteiger charge is -2.23. The van der Waals surface area contributed by atoms with Crippen LogP contribution in [0.1, 0.15) is 24.2 Å². The van der Waals surface area contributed by atoms with Crippen molar-refractivity contribution in [2.75, 3.05) is 24.2 Å². The molecule has 0 spiro atoms. The number of likely N-dealkylation sites (N-methyl/N-ethyl adjacent to an activating group) is 1. The number of carbonyl (C=O) groups is 3. The molecule has 2 N–H and O–H groups in total. The third-order valence-corrected chi connectivity index (χ3v) is 4.47. The predicted molar refractivity (Wildman–Crippen MR) is 107 cm³/mol. The number of hydrogen-bond donors (Lipinski definition) is 2. The molecule has 142 valence electrons. The predicted octanol–water partition coefficient (Wildman–Crippen LogP) is 3.44. The Hall–Kier alpha value is -2.70. The maximum Gasteiger partial charge on any atom is 0.241 e. The van der Waals surface area contributed by atoms with Crippen LogP contribution >= 0.6 is 11.6 Å². The molecule has 0 aliphatic carbocycles. The zero-order chi connectivity index (χ0) is 20.0. The minimum absolute atomic E-state index is 0.0308. The van der Waals surface area contributed by atoms with Crippen LogP contribution in [0.5, 0.6) is 0 Å². The van der Waals surface area contributed by atoms with Gasteiger partial charge < -0.3 is 10.6 Å². The van der Waals surface area contributed by atoms with E-state index in [-0.39, 0.29) is 24.1 Å². The quantitative estimate of drug-likeness (QED) is 0.713. The SMILES string of the molecule is CC(=O)c1ccc(NC(=O)[C@H](C)N(C)CC(=O)Nc2ccccc2Cl)cc1. The van der Waals surface area contributed by atoms with Gasteiger partial charge in [0.05, 0.1) is 23.3 Å². The normalized spacial score (nSPS) is 11.7. The maximum absolute atomic E-state index is 12.4. The zero-order valence-corrected chi connectivity index (χ0v) is 16.2. The Bertz CT molecular complexity index is 837. The molecule has 0 fully saturated rings. The molecule has 7 heteroatoms. The van der Waals surface area contributed by atoms with Crippen molar-refractivity contribution in [1.82, 2.24) is 4.90 Å². The van der Waals surface area contributed by atoms with Gasteiger partial charge in [-0.3, -0.25) is 19.3 Å². The zero-order valence-electron chi connectivity index (χ0n) is 15.5. The van der Waals surface area contributed by atoms with Gasteiger partial charge in [-0.15, -0.1) is 0 Å². The highest BCUT2D eigenvalue weighted by Gasteiger charge is 2.20. The molecule has 1 atom stereocenters. The largest absolute Gasteiger partial charge is 0.325 e. The van der Waals surface area contributed by atoms with Gasteiger partial charge in [0.15, 0.2) is 5.78 Å². The molecule has 0 aromatic heterocycles. The number of anilines is 2. The number of benzene rings is 2. The lowest BCUT2D eigenvalue weighted by molar-refractivity contribution is -0.122. The van der Waals surface area contributed by atoms with Gasteiger partial charge in [-0.2, -0.15) is 0 Å². The molecule has 0 unspecified atom stereocenters. The van der Waals surface area contributed by atoms with Gasteiger partial charge >= 0.3 is 0 Å². The van der Waals surface area contributed by atoms with Gasteiger partial charge in [0.2, 0.25) is 11.8 Å². The van der Waals surface area contributed by atoms with Crippen LogP contribution in [-0.4, -0.2) is 42.1 Å². The van der Waals surface area contributed by atoms with Crippen LogP contribution in [0.4, 0.5) is 11.4 Å². The first-order valence-electron chi connectivity index (χ1n) is 8.44. The Morgan fingerprint density at radius 3 is 2.26 bits per heavy atom. The van der Waals surface area contributed by atoms with Crippen LogP contribution in [0, 0.1) is 0 Å². The minimum Gasteiger partial charge on any atom is -0.325 e. The smallest absolute Gasteiger partial charge is 0.241 e. The molecule has 6 nitrogen and oxygen atoms in total. The number of Topliss-reactive ketones (excluding diaryl/α,β-unsaturated/α-hetero) is 1. The fourth-order valence-electron chi connectivity index (χ4n) is 2.35. The van der Waals surface area contributed by atoms with Gasteiger partial charge in [-0.05, 0) is 57.3 Å². The second-order valence-electron chi connectivity index (χ2n) is 6.24. The number of amides is 2. The first kappa shape index (κ1) is 20.6. The molecule has 0 bridgehead atoms. The molecule has 0 radical (unpaired) electrons. The topological polar surface area (TPSA) is 78.5 Å². The average molecular weight is 388 g/mol. The first-order chi connectivity index (χ1) is 12.8. The lowest BCUT2D eigenvalue weighted by atomic mass is 10.1. The molecule has 2 aromatic rings. The van der Waals surface area contributed by atoms with Gasteiger partial charge in [0.1, 0.15) is 0 Å². The number of rotatable bonds is 7. The van der Waals surface area contributed by atoms with Gasteiger partial charge in [0.25, 0.3) is 0 Å². The van der Waals surface area contributed by atoms with Crippen molar-refractivity contribution < 1.29 is 14.4 Å². The number of para-hydroxylation sites is 1. The highest BCUT2D eigenvalue weighted by Crippen LogP contribution is 2.20. The van der Waals surface area contributed by atoms with Crippen LogP contribution in [0.2, 0.25) is 5.02 Å². The summed E-state index contributed by atoms with van der Waals surface area (Å²) >= 11 is 6.03. The second kappa shape index (κ2) is 9.30. The Morgan fingerprint density at radius 1 is 1.04 bits per heavy atom. The third-order valence-electron chi connectivity index (χ3n) is 4.14. The van der Waals surface area contributed by atoms with E-state index in [1.165, 1.54) is 6.92 Å². The molecule has 2 aromatic carbocycles. The van der Waals surface area contributed by atoms with E-state index in [0.717, 1.165) is 0 Å². The van der Waals surface area contributed by atoms with E-state index in [1.54, 1.807) is 67.4 Å². The van der Waals surface area contributed by atoms with Gasteiger partial charge in [-0.25, -0.2) is 0 Å². The molecule has 2 amide bonds. The molecular formula is C20H22ClN3O3. The summed E-state index contributed by atoms with van der Waals surface area (Å²) in [6.45, 7) is 3.23. The summed E-state index contributed by atoms with van der Waals surface area (Å²) in [6.07, 6.45) is 0. The van der Waals surface area contributed by atoms with Crippen molar-refractivity contribution >= 4 is 40.6 Å². The lowest BCUT2D eigenvalue weighted by Crippen LogP contribution is -2.43. The standard InChI is InChI=1S/C20H22ClN3O3/c1-13(20(27)22-16-10-8-15(9-11-16)14(2)25)24(3)12-19(26)23-18-7-5-4-6-17(18)21/h4-11,13H,12H2,1-3H3,(H,22,27)(H,23,26)/t13-/m0/s1. The van der Waals surface area contributed by atoms with Crippen LogP contribution in [0.25, 0.3) is 0 Å². The molecule has 27 heavy (non-hydrogen) atoms. The average Bonchev–Trinajstić information content (AvgIpc) is 2.63. The Balaban J connectivity index is 1.90. The fraction of sp³-hybridized carbons (Fsp3) is 0.250. The van der Waals surface area contributed by atoms with Crippen molar-refractivity contribution in [3.05, 3.63) is 59.1 Å². The number of nitrogens with zero attached hydrogens (tertiary/aromatic N) is 1. The van der Waals surface area contributed by atoms with Crippen molar-refractivity contribution in [3.63, 3.8) is 0 Å². The van der Waals surface area contributed by atoms with Crippen molar-refractivity contribution in [2.24, 2.45) is 0 Å². The molecule has 2 rings (SSSR count). The highest BCUT2D eigenvalue weighted by molar-refractivity contribution is 6.33. The number of carbonyl (C=O) groups excluding carboxylic acids is 3. The monoisotopic (exact) mass is 387 g/mol. The van der Waals surface area contributed by atoms with E-state index in [1.807, 2.05) is 0 Å². The fourth-order valence-corrected chi connectivity index (χ4v) is 2.53.